The van der Waals surface area contributed by atoms with Crippen LogP contribution in [0.4, 0.5) is 0 Å². The molecular weight excluding hydrogens is 300 g/mol. The first-order valence-electron chi connectivity index (χ1n) is 6.94. The van der Waals surface area contributed by atoms with Gasteiger partial charge in [0, 0.05) is 12.6 Å². The summed E-state index contributed by atoms with van der Waals surface area (Å²) in [5.41, 5.74) is 1.44. The average Bonchev–Trinajstić information content (AvgIpc) is 2.80. The van der Waals surface area contributed by atoms with Gasteiger partial charge in [0.05, 0.1) is 22.1 Å². The summed E-state index contributed by atoms with van der Waals surface area (Å²) in [4.78, 5) is 28.5. The molecule has 0 fully saturated rings. The van der Waals surface area contributed by atoms with E-state index in [1.165, 1.54) is 16.8 Å². The standard InChI is InChI=1S/C15H18N4O2S/c1-4-5-13(20)16-8-9-19-14(21)7-6-12(18-19)15-10(2)17-11(3)22-15/h4-7H,8-9H2,1-3H3,(H,16,20). The van der Waals surface area contributed by atoms with Gasteiger partial charge >= 0.3 is 0 Å². The fourth-order valence-electron chi connectivity index (χ4n) is 1.99. The van der Waals surface area contributed by atoms with Gasteiger partial charge in [-0.3, -0.25) is 9.59 Å². The van der Waals surface area contributed by atoms with Crippen LogP contribution in [0, 0.1) is 13.8 Å². The first-order valence-corrected chi connectivity index (χ1v) is 7.76. The van der Waals surface area contributed by atoms with E-state index in [1.807, 2.05) is 13.8 Å². The van der Waals surface area contributed by atoms with Gasteiger partial charge in [0.2, 0.25) is 5.91 Å². The van der Waals surface area contributed by atoms with Crippen molar-refractivity contribution >= 4 is 17.2 Å². The minimum Gasteiger partial charge on any atom is -0.351 e. The second-order valence-electron chi connectivity index (χ2n) is 4.72. The predicted molar refractivity (Wildman–Crippen MR) is 86.9 cm³/mol. The van der Waals surface area contributed by atoms with Crippen LogP contribution in [-0.2, 0) is 11.3 Å². The zero-order valence-corrected chi connectivity index (χ0v) is 13.6. The van der Waals surface area contributed by atoms with Crippen LogP contribution in [0.5, 0.6) is 0 Å². The number of hydrogen-bond donors (Lipinski definition) is 1. The maximum atomic E-state index is 11.9. The van der Waals surface area contributed by atoms with E-state index in [-0.39, 0.29) is 11.5 Å². The number of nitrogens with one attached hydrogen (secondary N) is 1. The molecule has 22 heavy (non-hydrogen) atoms. The third-order valence-electron chi connectivity index (χ3n) is 2.94. The highest BCUT2D eigenvalue weighted by Crippen LogP contribution is 2.27. The molecule has 0 aliphatic rings. The quantitative estimate of drug-likeness (QED) is 0.851. The number of aromatic nitrogens is 3. The van der Waals surface area contributed by atoms with Crippen molar-refractivity contribution in [2.75, 3.05) is 6.54 Å². The lowest BCUT2D eigenvalue weighted by Gasteiger charge is -2.07. The molecule has 0 atom stereocenters. The Labute approximate surface area is 132 Å². The van der Waals surface area contributed by atoms with Crippen LogP contribution < -0.4 is 10.9 Å². The summed E-state index contributed by atoms with van der Waals surface area (Å²) < 4.78 is 1.36. The molecule has 0 unspecified atom stereocenters. The summed E-state index contributed by atoms with van der Waals surface area (Å²) in [5, 5.41) is 8.03. The van der Waals surface area contributed by atoms with Gasteiger partial charge in [0.1, 0.15) is 5.69 Å². The molecule has 0 saturated carbocycles. The van der Waals surface area contributed by atoms with E-state index in [2.05, 4.69) is 15.4 Å². The molecule has 0 aromatic carbocycles. The average molecular weight is 318 g/mol. The van der Waals surface area contributed by atoms with Crippen LogP contribution in [0.2, 0.25) is 0 Å². The Morgan fingerprint density at radius 3 is 2.82 bits per heavy atom. The Morgan fingerprint density at radius 1 is 1.41 bits per heavy atom. The van der Waals surface area contributed by atoms with Gasteiger partial charge in [-0.1, -0.05) is 6.08 Å². The highest BCUT2D eigenvalue weighted by Gasteiger charge is 2.10. The SMILES string of the molecule is CC=CC(=O)NCCn1nc(-c2sc(C)nc2C)ccc1=O. The number of rotatable bonds is 5. The molecule has 2 aromatic heterocycles. The fourth-order valence-corrected chi connectivity index (χ4v) is 2.88. The highest BCUT2D eigenvalue weighted by atomic mass is 32.1. The zero-order chi connectivity index (χ0) is 16.1. The number of carbonyl (C=O) groups excluding carboxylic acids is 1. The molecule has 0 bridgehead atoms. The van der Waals surface area contributed by atoms with Crippen molar-refractivity contribution in [2.24, 2.45) is 0 Å². The minimum absolute atomic E-state index is 0.180. The molecule has 0 saturated heterocycles. The maximum absolute atomic E-state index is 11.9. The minimum atomic E-state index is -0.192. The number of allylic oxidation sites excluding steroid dienone is 1. The van der Waals surface area contributed by atoms with Crippen molar-refractivity contribution in [1.29, 1.82) is 0 Å². The molecular formula is C15H18N4O2S. The van der Waals surface area contributed by atoms with Crippen molar-refractivity contribution in [3.05, 3.63) is 45.3 Å². The number of hydrogen-bond acceptors (Lipinski definition) is 5. The van der Waals surface area contributed by atoms with Crippen LogP contribution in [0.15, 0.2) is 29.1 Å². The summed E-state index contributed by atoms with van der Waals surface area (Å²) in [6.07, 6.45) is 3.10. The highest BCUT2D eigenvalue weighted by molar-refractivity contribution is 7.15. The molecule has 116 valence electrons. The summed E-state index contributed by atoms with van der Waals surface area (Å²) >= 11 is 1.55. The van der Waals surface area contributed by atoms with Gasteiger partial charge < -0.3 is 5.32 Å². The lowest BCUT2D eigenvalue weighted by atomic mass is 10.3. The summed E-state index contributed by atoms with van der Waals surface area (Å²) in [6.45, 7) is 6.31. The van der Waals surface area contributed by atoms with Crippen molar-refractivity contribution < 1.29 is 4.79 Å². The molecule has 2 aromatic rings. The van der Waals surface area contributed by atoms with Crippen molar-refractivity contribution in [1.82, 2.24) is 20.1 Å². The largest absolute Gasteiger partial charge is 0.351 e. The number of nitrogens with zero attached hydrogens (tertiary/aromatic N) is 3. The maximum Gasteiger partial charge on any atom is 0.266 e. The molecule has 0 aliphatic carbocycles. The fraction of sp³-hybridized carbons (Fsp3) is 0.333. The first kappa shape index (κ1) is 16.1. The predicted octanol–water partition coefficient (Wildman–Crippen LogP) is 1.68. The Morgan fingerprint density at radius 2 is 2.18 bits per heavy atom. The van der Waals surface area contributed by atoms with E-state index in [4.69, 9.17) is 0 Å². The number of carbonyl (C=O) groups is 1. The molecule has 2 rings (SSSR count). The lowest BCUT2D eigenvalue weighted by molar-refractivity contribution is -0.116. The van der Waals surface area contributed by atoms with Gasteiger partial charge in [-0.05, 0) is 32.9 Å². The third-order valence-corrected chi connectivity index (χ3v) is 4.04. The Hall–Kier alpha value is -2.28. The van der Waals surface area contributed by atoms with Crippen LogP contribution in [-0.4, -0.2) is 27.2 Å². The van der Waals surface area contributed by atoms with Gasteiger partial charge in [0.15, 0.2) is 0 Å². The third kappa shape index (κ3) is 3.88. The van der Waals surface area contributed by atoms with E-state index in [0.29, 0.717) is 13.1 Å². The molecule has 0 aliphatic heterocycles. The van der Waals surface area contributed by atoms with Crippen molar-refractivity contribution in [3.8, 4) is 10.6 Å². The number of thiazole rings is 1. The van der Waals surface area contributed by atoms with Gasteiger partial charge in [-0.15, -0.1) is 11.3 Å². The molecule has 1 N–H and O–H groups in total. The van der Waals surface area contributed by atoms with E-state index < -0.39 is 0 Å². The smallest absolute Gasteiger partial charge is 0.266 e. The Bertz CT molecular complexity index is 761. The van der Waals surface area contributed by atoms with E-state index in [0.717, 1.165) is 21.3 Å². The first-order chi connectivity index (χ1) is 10.5. The lowest BCUT2D eigenvalue weighted by Crippen LogP contribution is -2.31. The van der Waals surface area contributed by atoms with Gasteiger partial charge in [-0.25, -0.2) is 9.67 Å². The summed E-state index contributed by atoms with van der Waals surface area (Å²) in [7, 11) is 0. The van der Waals surface area contributed by atoms with Crippen LogP contribution in [0.25, 0.3) is 10.6 Å². The van der Waals surface area contributed by atoms with Crippen LogP contribution in [0.1, 0.15) is 17.6 Å². The second kappa shape index (κ2) is 7.13. The van der Waals surface area contributed by atoms with Crippen molar-refractivity contribution in [3.63, 3.8) is 0 Å². The van der Waals surface area contributed by atoms with Gasteiger partial charge in [-0.2, -0.15) is 5.10 Å². The topological polar surface area (TPSA) is 76.9 Å². The zero-order valence-electron chi connectivity index (χ0n) is 12.8. The van der Waals surface area contributed by atoms with Crippen LogP contribution >= 0.6 is 11.3 Å². The summed E-state index contributed by atoms with van der Waals surface area (Å²) in [5.74, 6) is -0.180. The monoisotopic (exact) mass is 318 g/mol. The molecule has 7 heteroatoms. The van der Waals surface area contributed by atoms with Crippen molar-refractivity contribution in [2.45, 2.75) is 27.3 Å². The molecule has 1 amide bonds. The Balaban J connectivity index is 2.15. The van der Waals surface area contributed by atoms with Gasteiger partial charge in [0.25, 0.3) is 5.56 Å². The molecule has 0 spiro atoms. The normalized spacial score (nSPS) is 11.0. The molecule has 2 heterocycles. The Kier molecular flexibility index (Phi) is 5.21. The molecule has 0 radical (unpaired) electrons. The summed E-state index contributed by atoms with van der Waals surface area (Å²) in [6, 6.07) is 3.20. The molecule has 6 nitrogen and oxygen atoms in total. The van der Waals surface area contributed by atoms with E-state index in [9.17, 15) is 9.59 Å². The van der Waals surface area contributed by atoms with Crippen LogP contribution in [0.3, 0.4) is 0 Å². The number of amides is 1. The number of aryl methyl sites for hydroxylation is 2. The second-order valence-corrected chi connectivity index (χ2v) is 5.92. The van der Waals surface area contributed by atoms with E-state index in [1.54, 1.807) is 30.4 Å². The van der Waals surface area contributed by atoms with E-state index >= 15 is 0 Å².